The molecular formula is C14H28N4. The van der Waals surface area contributed by atoms with E-state index in [9.17, 15) is 0 Å². The Labute approximate surface area is 111 Å². The summed E-state index contributed by atoms with van der Waals surface area (Å²) < 4.78 is 1.97. The van der Waals surface area contributed by atoms with Gasteiger partial charge in [0.2, 0.25) is 0 Å². The van der Waals surface area contributed by atoms with Crippen LogP contribution < -0.4 is 5.32 Å². The molecule has 4 nitrogen and oxygen atoms in total. The van der Waals surface area contributed by atoms with Crippen LogP contribution >= 0.6 is 0 Å². The van der Waals surface area contributed by atoms with Gasteiger partial charge in [-0.25, -0.2) is 0 Å². The fraction of sp³-hybridized carbons (Fsp3) is 0.857. The lowest BCUT2D eigenvalue weighted by molar-refractivity contribution is 0.233. The van der Waals surface area contributed by atoms with Crippen LogP contribution in [0.3, 0.4) is 0 Å². The van der Waals surface area contributed by atoms with E-state index >= 15 is 0 Å². The van der Waals surface area contributed by atoms with Crippen molar-refractivity contribution in [2.45, 2.75) is 67.1 Å². The SMILES string of the molecule is CC(C)CC(C)(C)Cn1cc(CNC(C)C)nn1. The second kappa shape index (κ2) is 6.32. The average molecular weight is 252 g/mol. The lowest BCUT2D eigenvalue weighted by Gasteiger charge is -2.26. The molecule has 0 atom stereocenters. The molecule has 0 fully saturated rings. The molecule has 1 rings (SSSR count). The summed E-state index contributed by atoms with van der Waals surface area (Å²) in [4.78, 5) is 0. The van der Waals surface area contributed by atoms with E-state index in [2.05, 4.69) is 63.4 Å². The molecule has 0 aliphatic carbocycles. The normalized spacial score (nSPS) is 12.7. The van der Waals surface area contributed by atoms with Gasteiger partial charge in [0, 0.05) is 25.3 Å². The van der Waals surface area contributed by atoms with Crippen LogP contribution in [0.25, 0.3) is 0 Å². The molecule has 0 aliphatic heterocycles. The van der Waals surface area contributed by atoms with Crippen LogP contribution in [-0.2, 0) is 13.1 Å². The van der Waals surface area contributed by atoms with Crippen LogP contribution in [0.2, 0.25) is 0 Å². The zero-order valence-electron chi connectivity index (χ0n) is 12.7. The van der Waals surface area contributed by atoms with Gasteiger partial charge in [0.1, 0.15) is 0 Å². The first kappa shape index (κ1) is 15.2. The van der Waals surface area contributed by atoms with Crippen LogP contribution in [0.15, 0.2) is 6.20 Å². The Morgan fingerprint density at radius 3 is 2.50 bits per heavy atom. The topological polar surface area (TPSA) is 42.7 Å². The first-order valence-corrected chi connectivity index (χ1v) is 6.91. The summed E-state index contributed by atoms with van der Waals surface area (Å²) in [7, 11) is 0. The van der Waals surface area contributed by atoms with Gasteiger partial charge in [-0.05, 0) is 17.8 Å². The summed E-state index contributed by atoms with van der Waals surface area (Å²) in [6, 6.07) is 0.479. The zero-order valence-corrected chi connectivity index (χ0v) is 12.7. The summed E-state index contributed by atoms with van der Waals surface area (Å²) in [5.41, 5.74) is 1.29. The van der Waals surface area contributed by atoms with Crippen LogP contribution in [0.1, 0.15) is 53.7 Å². The van der Waals surface area contributed by atoms with Gasteiger partial charge in [-0.3, -0.25) is 4.68 Å². The van der Waals surface area contributed by atoms with Crippen molar-refractivity contribution < 1.29 is 0 Å². The maximum atomic E-state index is 4.21. The molecular weight excluding hydrogens is 224 g/mol. The van der Waals surface area contributed by atoms with Crippen molar-refractivity contribution in [1.29, 1.82) is 0 Å². The molecule has 0 spiro atoms. The fourth-order valence-electron chi connectivity index (χ4n) is 2.41. The molecule has 0 bridgehead atoms. The van der Waals surface area contributed by atoms with E-state index in [0.29, 0.717) is 12.0 Å². The van der Waals surface area contributed by atoms with Crippen LogP contribution in [0.5, 0.6) is 0 Å². The van der Waals surface area contributed by atoms with Gasteiger partial charge in [0.05, 0.1) is 5.69 Å². The number of aromatic nitrogens is 3. The molecule has 1 aromatic rings. The van der Waals surface area contributed by atoms with Gasteiger partial charge in [0.15, 0.2) is 0 Å². The van der Waals surface area contributed by atoms with Crippen molar-refractivity contribution in [2.24, 2.45) is 11.3 Å². The molecule has 4 heteroatoms. The molecule has 104 valence electrons. The van der Waals surface area contributed by atoms with Crippen molar-refractivity contribution in [1.82, 2.24) is 20.3 Å². The molecule has 1 N–H and O–H groups in total. The minimum absolute atomic E-state index is 0.268. The van der Waals surface area contributed by atoms with Crippen LogP contribution in [-0.4, -0.2) is 21.0 Å². The summed E-state index contributed by atoms with van der Waals surface area (Å²) in [5, 5.41) is 11.8. The number of nitrogens with zero attached hydrogens (tertiary/aromatic N) is 3. The second-order valence-electron chi connectivity index (χ2n) is 6.71. The molecule has 0 radical (unpaired) electrons. The molecule has 0 aliphatic rings. The number of hydrogen-bond donors (Lipinski definition) is 1. The Bertz CT molecular complexity index is 352. The Morgan fingerprint density at radius 1 is 1.28 bits per heavy atom. The van der Waals surface area contributed by atoms with E-state index in [-0.39, 0.29) is 5.41 Å². The van der Waals surface area contributed by atoms with E-state index in [1.807, 2.05) is 4.68 Å². The van der Waals surface area contributed by atoms with Crippen molar-refractivity contribution in [3.05, 3.63) is 11.9 Å². The Hall–Kier alpha value is -0.900. The predicted molar refractivity (Wildman–Crippen MR) is 75.2 cm³/mol. The Balaban J connectivity index is 2.52. The van der Waals surface area contributed by atoms with Gasteiger partial charge < -0.3 is 5.32 Å². The quantitative estimate of drug-likeness (QED) is 0.811. The third-order valence-electron chi connectivity index (χ3n) is 2.83. The summed E-state index contributed by atoms with van der Waals surface area (Å²) in [6.45, 7) is 15.1. The summed E-state index contributed by atoms with van der Waals surface area (Å²) >= 11 is 0. The summed E-state index contributed by atoms with van der Waals surface area (Å²) in [5.74, 6) is 0.714. The highest BCUT2D eigenvalue weighted by molar-refractivity contribution is 4.92. The minimum Gasteiger partial charge on any atom is -0.309 e. The zero-order chi connectivity index (χ0) is 13.8. The van der Waals surface area contributed by atoms with Gasteiger partial charge in [0.25, 0.3) is 0 Å². The summed E-state index contributed by atoms with van der Waals surface area (Å²) in [6.07, 6.45) is 3.25. The first-order chi connectivity index (χ1) is 8.28. The predicted octanol–water partition coefficient (Wildman–Crippen LogP) is 2.85. The van der Waals surface area contributed by atoms with E-state index in [4.69, 9.17) is 0 Å². The maximum Gasteiger partial charge on any atom is 0.0964 e. The Kier molecular flexibility index (Phi) is 5.32. The monoisotopic (exact) mass is 252 g/mol. The molecule has 0 amide bonds. The fourth-order valence-corrected chi connectivity index (χ4v) is 2.41. The molecule has 0 saturated heterocycles. The standard InChI is InChI=1S/C14H28N4/c1-11(2)7-14(5,6)10-18-9-13(16-17-18)8-15-12(3)4/h9,11-12,15H,7-8,10H2,1-6H3. The molecule has 0 unspecified atom stereocenters. The van der Waals surface area contributed by atoms with Crippen molar-refractivity contribution >= 4 is 0 Å². The lowest BCUT2D eigenvalue weighted by atomic mass is 9.84. The smallest absolute Gasteiger partial charge is 0.0964 e. The number of nitrogens with one attached hydrogen (secondary N) is 1. The third kappa shape index (κ3) is 5.63. The lowest BCUT2D eigenvalue weighted by Crippen LogP contribution is -2.22. The maximum absolute atomic E-state index is 4.21. The highest BCUT2D eigenvalue weighted by atomic mass is 15.4. The molecule has 0 saturated carbocycles. The van der Waals surface area contributed by atoms with E-state index in [1.165, 1.54) is 6.42 Å². The van der Waals surface area contributed by atoms with E-state index < -0.39 is 0 Å². The van der Waals surface area contributed by atoms with Gasteiger partial charge in [-0.15, -0.1) is 5.10 Å². The molecule has 18 heavy (non-hydrogen) atoms. The van der Waals surface area contributed by atoms with Crippen LogP contribution in [0, 0.1) is 11.3 Å². The van der Waals surface area contributed by atoms with Gasteiger partial charge >= 0.3 is 0 Å². The van der Waals surface area contributed by atoms with Gasteiger partial charge in [-0.2, -0.15) is 0 Å². The minimum atomic E-state index is 0.268. The number of hydrogen-bond acceptors (Lipinski definition) is 3. The molecule has 1 heterocycles. The second-order valence-corrected chi connectivity index (χ2v) is 6.71. The van der Waals surface area contributed by atoms with E-state index in [1.54, 1.807) is 0 Å². The highest BCUT2D eigenvalue weighted by Crippen LogP contribution is 2.26. The largest absolute Gasteiger partial charge is 0.309 e. The van der Waals surface area contributed by atoms with Crippen molar-refractivity contribution in [2.75, 3.05) is 0 Å². The van der Waals surface area contributed by atoms with Crippen LogP contribution in [0.4, 0.5) is 0 Å². The first-order valence-electron chi connectivity index (χ1n) is 6.91. The highest BCUT2D eigenvalue weighted by Gasteiger charge is 2.20. The third-order valence-corrected chi connectivity index (χ3v) is 2.83. The average Bonchev–Trinajstić information content (AvgIpc) is 2.59. The van der Waals surface area contributed by atoms with Crippen molar-refractivity contribution in [3.63, 3.8) is 0 Å². The van der Waals surface area contributed by atoms with Crippen molar-refractivity contribution in [3.8, 4) is 0 Å². The van der Waals surface area contributed by atoms with E-state index in [0.717, 1.165) is 18.8 Å². The number of rotatable bonds is 7. The molecule has 0 aromatic carbocycles. The van der Waals surface area contributed by atoms with Gasteiger partial charge in [-0.1, -0.05) is 46.8 Å². The molecule has 1 aromatic heterocycles. The Morgan fingerprint density at radius 2 is 1.94 bits per heavy atom.